The van der Waals surface area contributed by atoms with Gasteiger partial charge in [-0.2, -0.15) is 0 Å². The molecule has 0 saturated carbocycles. The smallest absolute Gasteiger partial charge is 0.303 e. The predicted octanol–water partition coefficient (Wildman–Crippen LogP) is 3.22. The van der Waals surface area contributed by atoms with Gasteiger partial charge in [0.15, 0.2) is 0 Å². The molecule has 4 radical (unpaired) electrons. The monoisotopic (exact) mass is 394 g/mol. The molecule has 3 heteroatoms. The third kappa shape index (κ3) is 14.9. The number of carboxylic acids is 1. The third-order valence-electron chi connectivity index (χ3n) is 2.24. The van der Waals surface area contributed by atoms with Crippen LogP contribution in [0, 0.1) is 0 Å². The van der Waals surface area contributed by atoms with Gasteiger partial charge in [-0.05, 0) is 6.42 Å². The molecule has 0 aromatic heterocycles. The third-order valence-corrected chi connectivity index (χ3v) is 2.24. The molecule has 0 heterocycles. The molecule has 0 amide bonds. The summed E-state index contributed by atoms with van der Waals surface area (Å²) in [6.45, 7) is 2.22. The average Bonchev–Trinajstić information content (AvgIpc) is 2.09. The Kier molecular flexibility index (Phi) is 16.1. The van der Waals surface area contributed by atoms with Crippen molar-refractivity contribution in [1.82, 2.24) is 0 Å². The van der Waals surface area contributed by atoms with E-state index in [9.17, 15) is 4.79 Å². The molecule has 0 aromatic carbocycles. The van der Waals surface area contributed by atoms with E-state index in [0.717, 1.165) is 12.8 Å². The van der Waals surface area contributed by atoms with Crippen LogP contribution in [-0.4, -0.2) is 38.4 Å². The van der Waals surface area contributed by atoms with Crippen molar-refractivity contribution in [2.24, 2.45) is 0 Å². The van der Waals surface area contributed by atoms with E-state index in [1.165, 1.54) is 38.5 Å². The number of carbonyl (C=O) groups is 1. The van der Waals surface area contributed by atoms with Crippen molar-refractivity contribution in [1.29, 1.82) is 0 Å². The van der Waals surface area contributed by atoms with Gasteiger partial charge in [0.1, 0.15) is 0 Å². The van der Waals surface area contributed by atoms with Gasteiger partial charge in [-0.15, -0.1) is 0 Å². The summed E-state index contributed by atoms with van der Waals surface area (Å²) in [4.78, 5) is 10.2. The number of rotatable bonds is 9. The van der Waals surface area contributed by atoms with Crippen LogP contribution in [0.3, 0.4) is 0 Å². The summed E-state index contributed by atoms with van der Waals surface area (Å²) in [6.07, 6.45) is 10.1. The molecule has 0 unspecified atom stereocenters. The second-order valence-electron chi connectivity index (χ2n) is 3.62. The molecule has 0 atom stereocenters. The number of carboxylic acid groups (broad SMARTS) is 1. The van der Waals surface area contributed by atoms with Gasteiger partial charge in [0.25, 0.3) is 0 Å². The van der Waals surface area contributed by atoms with Crippen LogP contribution >= 0.6 is 0 Å². The molecule has 0 fully saturated rings. The average molecular weight is 393 g/mol. The Morgan fingerprint density at radius 3 is 1.79 bits per heavy atom. The van der Waals surface area contributed by atoms with Gasteiger partial charge in [0.05, 0.1) is 0 Å². The fourth-order valence-corrected chi connectivity index (χ4v) is 1.41. The van der Waals surface area contributed by atoms with Crippen LogP contribution in [0.4, 0.5) is 0 Å². The van der Waals surface area contributed by atoms with Crippen molar-refractivity contribution in [3.8, 4) is 0 Å². The van der Waals surface area contributed by atoms with E-state index in [-0.39, 0.29) is 27.3 Å². The topological polar surface area (TPSA) is 37.3 Å². The van der Waals surface area contributed by atoms with E-state index in [2.05, 4.69) is 6.92 Å². The van der Waals surface area contributed by atoms with Crippen LogP contribution < -0.4 is 0 Å². The maximum absolute atomic E-state index is 10.2. The van der Waals surface area contributed by atoms with Gasteiger partial charge in [-0.1, -0.05) is 51.9 Å². The van der Waals surface area contributed by atoms with Gasteiger partial charge >= 0.3 is 5.97 Å². The van der Waals surface area contributed by atoms with Crippen molar-refractivity contribution >= 4 is 33.3 Å². The fraction of sp³-hybridized carbons (Fsp3) is 0.909. The van der Waals surface area contributed by atoms with Crippen LogP contribution in [0.25, 0.3) is 0 Å². The molecule has 1 N–H and O–H groups in total. The summed E-state index contributed by atoms with van der Waals surface area (Å²) >= 11 is 0. The molecular formula is C11H22O2Pb. The van der Waals surface area contributed by atoms with Gasteiger partial charge in [0.2, 0.25) is 0 Å². The van der Waals surface area contributed by atoms with Gasteiger partial charge < -0.3 is 5.11 Å². The first-order valence-electron chi connectivity index (χ1n) is 5.49. The molecule has 0 rings (SSSR count). The standard InChI is InChI=1S/C11H22O2.Pb/c1-2-3-4-5-6-7-8-9-10-11(12)13;/h2-10H2,1H3,(H,12,13);. The van der Waals surface area contributed by atoms with Crippen LogP contribution in [-0.2, 0) is 4.79 Å². The van der Waals surface area contributed by atoms with Crippen molar-refractivity contribution in [2.75, 3.05) is 0 Å². The molecule has 0 aliphatic heterocycles. The minimum atomic E-state index is -0.661. The Hall–Kier alpha value is 0.392. The van der Waals surface area contributed by atoms with Gasteiger partial charge in [-0.25, -0.2) is 0 Å². The second kappa shape index (κ2) is 13.4. The van der Waals surface area contributed by atoms with Crippen molar-refractivity contribution in [3.05, 3.63) is 0 Å². The van der Waals surface area contributed by atoms with Gasteiger partial charge in [-0.3, -0.25) is 4.79 Å². The normalized spacial score (nSPS) is 9.50. The summed E-state index contributed by atoms with van der Waals surface area (Å²) < 4.78 is 0. The number of hydrogen-bond donors (Lipinski definition) is 1. The SMILES string of the molecule is CCCCCCCCCCC(=O)O.[Pb]. The van der Waals surface area contributed by atoms with Crippen molar-refractivity contribution in [2.45, 2.75) is 64.7 Å². The molecule has 0 spiro atoms. The summed E-state index contributed by atoms with van der Waals surface area (Å²) in [7, 11) is 0. The van der Waals surface area contributed by atoms with E-state index >= 15 is 0 Å². The van der Waals surface area contributed by atoms with Crippen molar-refractivity contribution < 1.29 is 9.90 Å². The fourth-order valence-electron chi connectivity index (χ4n) is 1.41. The van der Waals surface area contributed by atoms with Crippen LogP contribution in [0.2, 0.25) is 0 Å². The summed E-state index contributed by atoms with van der Waals surface area (Å²) in [5.41, 5.74) is 0. The molecule has 0 saturated heterocycles. The van der Waals surface area contributed by atoms with E-state index in [4.69, 9.17) is 5.11 Å². The Morgan fingerprint density at radius 2 is 1.36 bits per heavy atom. The largest absolute Gasteiger partial charge is 0.481 e. The Labute approximate surface area is 108 Å². The first-order chi connectivity index (χ1) is 6.27. The molecule has 0 aliphatic carbocycles. The predicted molar refractivity (Wildman–Crippen MR) is 60.6 cm³/mol. The van der Waals surface area contributed by atoms with E-state index in [0.29, 0.717) is 6.42 Å². The Morgan fingerprint density at radius 1 is 0.929 bits per heavy atom. The maximum Gasteiger partial charge on any atom is 0.303 e. The first-order valence-corrected chi connectivity index (χ1v) is 5.49. The quantitative estimate of drug-likeness (QED) is 0.482. The van der Waals surface area contributed by atoms with Crippen LogP contribution in [0.5, 0.6) is 0 Å². The molecule has 14 heavy (non-hydrogen) atoms. The number of unbranched alkanes of at least 4 members (excludes halogenated alkanes) is 7. The van der Waals surface area contributed by atoms with Crippen LogP contribution in [0.15, 0.2) is 0 Å². The van der Waals surface area contributed by atoms with Gasteiger partial charge in [0, 0.05) is 33.7 Å². The minimum Gasteiger partial charge on any atom is -0.481 e. The number of aliphatic carboxylic acids is 1. The van der Waals surface area contributed by atoms with E-state index < -0.39 is 5.97 Å². The first kappa shape index (κ1) is 16.8. The molecular weight excluding hydrogens is 371 g/mol. The molecule has 0 bridgehead atoms. The molecule has 0 aliphatic rings. The molecule has 0 aromatic rings. The second-order valence-corrected chi connectivity index (χ2v) is 3.62. The Balaban J connectivity index is 0. The number of hydrogen-bond acceptors (Lipinski definition) is 1. The summed E-state index contributed by atoms with van der Waals surface area (Å²) in [6, 6.07) is 0. The van der Waals surface area contributed by atoms with E-state index in [1.54, 1.807) is 0 Å². The summed E-state index contributed by atoms with van der Waals surface area (Å²) in [5.74, 6) is -0.661. The van der Waals surface area contributed by atoms with Crippen LogP contribution in [0.1, 0.15) is 64.7 Å². The maximum atomic E-state index is 10.2. The Bertz CT molecular complexity index is 126. The zero-order chi connectivity index (χ0) is 9.94. The molecule has 2 nitrogen and oxygen atoms in total. The molecule has 82 valence electrons. The zero-order valence-electron chi connectivity index (χ0n) is 9.22. The minimum absolute atomic E-state index is 0. The van der Waals surface area contributed by atoms with Crippen molar-refractivity contribution in [3.63, 3.8) is 0 Å². The zero-order valence-corrected chi connectivity index (χ0v) is 13.1. The van der Waals surface area contributed by atoms with E-state index in [1.807, 2.05) is 0 Å². The summed E-state index contributed by atoms with van der Waals surface area (Å²) in [5, 5.41) is 8.39.